The van der Waals surface area contributed by atoms with E-state index in [1.165, 1.54) is 0 Å². The van der Waals surface area contributed by atoms with Crippen molar-refractivity contribution in [2.75, 3.05) is 13.1 Å². The first-order valence-electron chi connectivity index (χ1n) is 9.27. The highest BCUT2D eigenvalue weighted by molar-refractivity contribution is 5.93. The number of ether oxygens (including phenoxy) is 1. The Morgan fingerprint density at radius 1 is 1.26 bits per heavy atom. The second kappa shape index (κ2) is 8.81. The van der Waals surface area contributed by atoms with Gasteiger partial charge in [-0.2, -0.15) is 5.10 Å². The van der Waals surface area contributed by atoms with Crippen LogP contribution in [0.1, 0.15) is 35.7 Å². The third-order valence-electron chi connectivity index (χ3n) is 4.80. The van der Waals surface area contributed by atoms with E-state index in [1.807, 2.05) is 35.2 Å². The van der Waals surface area contributed by atoms with E-state index in [0.717, 1.165) is 18.4 Å². The predicted molar refractivity (Wildman–Crippen MR) is 101 cm³/mol. The highest BCUT2D eigenvalue weighted by Gasteiger charge is 2.27. The second-order valence-electron chi connectivity index (χ2n) is 6.91. The lowest BCUT2D eigenvalue weighted by atomic mass is 10.0. The lowest BCUT2D eigenvalue weighted by Gasteiger charge is -2.33. The fourth-order valence-corrected chi connectivity index (χ4v) is 3.18. The van der Waals surface area contributed by atoms with Gasteiger partial charge in [-0.3, -0.25) is 14.3 Å². The molecule has 1 aromatic heterocycles. The van der Waals surface area contributed by atoms with Crippen LogP contribution in [0.5, 0.6) is 0 Å². The van der Waals surface area contributed by atoms with Crippen molar-refractivity contribution in [3.8, 4) is 0 Å². The van der Waals surface area contributed by atoms with Gasteiger partial charge in [0.25, 0.3) is 11.8 Å². The van der Waals surface area contributed by atoms with Crippen LogP contribution in [0.3, 0.4) is 0 Å². The molecule has 0 spiro atoms. The summed E-state index contributed by atoms with van der Waals surface area (Å²) in [6, 6.07) is 9.89. The number of rotatable bonds is 6. The van der Waals surface area contributed by atoms with E-state index >= 15 is 0 Å². The average Bonchev–Trinajstić information content (AvgIpc) is 3.13. The summed E-state index contributed by atoms with van der Waals surface area (Å²) in [6.45, 7) is 3.46. The molecule has 1 aromatic carbocycles. The topological polar surface area (TPSA) is 76.5 Å². The van der Waals surface area contributed by atoms with Crippen molar-refractivity contribution >= 4 is 11.8 Å². The molecule has 0 radical (unpaired) electrons. The van der Waals surface area contributed by atoms with E-state index in [2.05, 4.69) is 10.4 Å². The fourth-order valence-electron chi connectivity index (χ4n) is 3.18. The van der Waals surface area contributed by atoms with E-state index in [1.54, 1.807) is 31.0 Å². The Hall–Kier alpha value is -2.67. The van der Waals surface area contributed by atoms with Crippen molar-refractivity contribution in [2.24, 2.45) is 7.05 Å². The van der Waals surface area contributed by atoms with Gasteiger partial charge in [0.1, 0.15) is 6.10 Å². The highest BCUT2D eigenvalue weighted by Crippen LogP contribution is 2.14. The maximum Gasteiger partial charge on any atom is 0.254 e. The maximum absolute atomic E-state index is 12.6. The van der Waals surface area contributed by atoms with Crippen LogP contribution in [-0.2, 0) is 23.2 Å². The number of aromatic nitrogens is 2. The van der Waals surface area contributed by atoms with Gasteiger partial charge < -0.3 is 15.0 Å². The normalized spacial score (nSPS) is 16.1. The van der Waals surface area contributed by atoms with E-state index in [-0.39, 0.29) is 17.9 Å². The summed E-state index contributed by atoms with van der Waals surface area (Å²) in [6.07, 6.45) is 4.25. The largest absolute Gasteiger partial charge is 0.364 e. The van der Waals surface area contributed by atoms with Gasteiger partial charge in [0, 0.05) is 32.4 Å². The second-order valence-corrected chi connectivity index (χ2v) is 6.91. The SMILES string of the molecule is C[C@H](OCc1ccccc1)C(=O)N1CCC(NC(=O)c2cnn(C)c2)CC1. The van der Waals surface area contributed by atoms with Crippen LogP contribution in [-0.4, -0.2) is 51.7 Å². The molecule has 2 heterocycles. The molecule has 0 bridgehead atoms. The number of hydrogen-bond donors (Lipinski definition) is 1. The number of carbonyl (C=O) groups excluding carboxylic acids is 2. The van der Waals surface area contributed by atoms with Crippen LogP contribution in [0.15, 0.2) is 42.7 Å². The summed E-state index contributed by atoms with van der Waals surface area (Å²) in [5.74, 6) is -0.115. The molecule has 27 heavy (non-hydrogen) atoms. The molecule has 144 valence electrons. The molecule has 0 unspecified atom stereocenters. The summed E-state index contributed by atoms with van der Waals surface area (Å²) in [5.41, 5.74) is 1.60. The molecule has 1 aliphatic heterocycles. The van der Waals surface area contributed by atoms with Gasteiger partial charge in [-0.15, -0.1) is 0 Å². The van der Waals surface area contributed by atoms with E-state index in [9.17, 15) is 9.59 Å². The van der Waals surface area contributed by atoms with Crippen molar-refractivity contribution in [3.63, 3.8) is 0 Å². The number of amides is 2. The Kier molecular flexibility index (Phi) is 6.24. The molecule has 1 fully saturated rings. The van der Waals surface area contributed by atoms with E-state index in [4.69, 9.17) is 4.74 Å². The molecule has 1 atom stereocenters. The molecule has 7 nitrogen and oxygen atoms in total. The summed E-state index contributed by atoms with van der Waals surface area (Å²) in [5, 5.41) is 7.04. The number of nitrogens with one attached hydrogen (secondary N) is 1. The Morgan fingerprint density at radius 2 is 1.96 bits per heavy atom. The smallest absolute Gasteiger partial charge is 0.254 e. The van der Waals surface area contributed by atoms with Gasteiger partial charge in [0.05, 0.1) is 18.4 Å². The molecule has 3 rings (SSSR count). The molecule has 0 aliphatic carbocycles. The van der Waals surface area contributed by atoms with Gasteiger partial charge in [-0.25, -0.2) is 0 Å². The lowest BCUT2D eigenvalue weighted by molar-refractivity contribution is -0.144. The first-order valence-corrected chi connectivity index (χ1v) is 9.27. The standard InChI is InChI=1S/C20H26N4O3/c1-15(27-14-16-6-4-3-5-7-16)20(26)24-10-8-18(9-11-24)22-19(25)17-12-21-23(2)13-17/h3-7,12-13,15,18H,8-11,14H2,1-2H3,(H,22,25)/t15-/m0/s1. The minimum Gasteiger partial charge on any atom is -0.364 e. The number of likely N-dealkylation sites (tertiary alicyclic amines) is 1. The van der Waals surface area contributed by atoms with Crippen LogP contribution < -0.4 is 5.32 Å². The van der Waals surface area contributed by atoms with Crippen molar-refractivity contribution in [1.82, 2.24) is 20.0 Å². The Labute approximate surface area is 159 Å². The number of carbonyl (C=O) groups is 2. The van der Waals surface area contributed by atoms with Gasteiger partial charge in [0.15, 0.2) is 0 Å². The Morgan fingerprint density at radius 3 is 2.59 bits per heavy atom. The van der Waals surface area contributed by atoms with Crippen LogP contribution in [0.2, 0.25) is 0 Å². The molecular weight excluding hydrogens is 344 g/mol. The molecule has 1 saturated heterocycles. The number of benzene rings is 1. The molecule has 7 heteroatoms. The Bertz CT molecular complexity index is 767. The number of hydrogen-bond acceptors (Lipinski definition) is 4. The summed E-state index contributed by atoms with van der Waals surface area (Å²) < 4.78 is 7.33. The van der Waals surface area contributed by atoms with Crippen molar-refractivity contribution in [1.29, 1.82) is 0 Å². The van der Waals surface area contributed by atoms with Gasteiger partial charge >= 0.3 is 0 Å². The first-order chi connectivity index (χ1) is 13.0. The molecule has 2 aromatic rings. The molecule has 1 N–H and O–H groups in total. The van der Waals surface area contributed by atoms with Gasteiger partial charge in [-0.1, -0.05) is 30.3 Å². The van der Waals surface area contributed by atoms with E-state index in [0.29, 0.717) is 25.3 Å². The molecule has 1 aliphatic rings. The quantitative estimate of drug-likeness (QED) is 0.840. The first kappa shape index (κ1) is 19.1. The van der Waals surface area contributed by atoms with Crippen LogP contribution in [0, 0.1) is 0 Å². The van der Waals surface area contributed by atoms with Crippen molar-refractivity contribution < 1.29 is 14.3 Å². The monoisotopic (exact) mass is 370 g/mol. The zero-order valence-corrected chi connectivity index (χ0v) is 15.8. The Balaban J connectivity index is 1.42. The zero-order valence-electron chi connectivity index (χ0n) is 15.8. The van der Waals surface area contributed by atoms with Gasteiger partial charge in [0.2, 0.25) is 0 Å². The number of piperidine rings is 1. The number of nitrogens with zero attached hydrogens (tertiary/aromatic N) is 3. The fraction of sp³-hybridized carbons (Fsp3) is 0.450. The third-order valence-corrected chi connectivity index (χ3v) is 4.80. The van der Waals surface area contributed by atoms with E-state index < -0.39 is 6.10 Å². The average molecular weight is 370 g/mol. The van der Waals surface area contributed by atoms with Gasteiger partial charge in [-0.05, 0) is 25.3 Å². The third kappa shape index (κ3) is 5.17. The molecule has 2 amide bonds. The van der Waals surface area contributed by atoms with Crippen LogP contribution in [0.25, 0.3) is 0 Å². The molecular formula is C20H26N4O3. The highest BCUT2D eigenvalue weighted by atomic mass is 16.5. The maximum atomic E-state index is 12.6. The van der Waals surface area contributed by atoms with Crippen LogP contribution >= 0.6 is 0 Å². The predicted octanol–water partition coefficient (Wildman–Crippen LogP) is 1.75. The summed E-state index contributed by atoms with van der Waals surface area (Å²) >= 11 is 0. The van der Waals surface area contributed by atoms with Crippen molar-refractivity contribution in [3.05, 3.63) is 53.9 Å². The zero-order chi connectivity index (χ0) is 19.2. The summed E-state index contributed by atoms with van der Waals surface area (Å²) in [7, 11) is 1.78. The minimum absolute atomic E-state index is 0.00275. The summed E-state index contributed by atoms with van der Waals surface area (Å²) in [4.78, 5) is 26.6. The minimum atomic E-state index is -0.480. The van der Waals surface area contributed by atoms with Crippen molar-refractivity contribution in [2.45, 2.75) is 38.5 Å². The lowest BCUT2D eigenvalue weighted by Crippen LogP contribution is -2.49. The molecule has 0 saturated carbocycles. The number of aryl methyl sites for hydroxylation is 1. The van der Waals surface area contributed by atoms with Crippen LogP contribution in [0.4, 0.5) is 0 Å².